The highest BCUT2D eigenvalue weighted by molar-refractivity contribution is 7.99. The summed E-state index contributed by atoms with van der Waals surface area (Å²) in [4.78, 5) is 7.58. The van der Waals surface area contributed by atoms with Crippen molar-refractivity contribution in [2.45, 2.75) is 43.3 Å². The number of methoxy groups -OCH3 is 1. The van der Waals surface area contributed by atoms with Crippen LogP contribution in [0.2, 0.25) is 0 Å². The second-order valence-electron chi connectivity index (χ2n) is 8.49. The monoisotopic (exact) mass is 486 g/mol. The van der Waals surface area contributed by atoms with Gasteiger partial charge in [-0.25, -0.2) is 4.98 Å². The zero-order chi connectivity index (χ0) is 24.2. The van der Waals surface area contributed by atoms with E-state index in [4.69, 9.17) is 4.74 Å². The number of hydrogen-bond acceptors (Lipinski definition) is 7. The molecule has 2 aromatic carbocycles. The number of aromatic nitrogens is 5. The molecule has 0 radical (unpaired) electrons. The molecule has 4 aromatic rings. The average Bonchev–Trinajstić information content (AvgIpc) is 3.52. The van der Waals surface area contributed by atoms with E-state index in [9.17, 15) is 10.4 Å². The van der Waals surface area contributed by atoms with Gasteiger partial charge in [0.15, 0.2) is 16.8 Å². The molecular formula is C26H26N6O2S. The number of hydrogen-bond donors (Lipinski definition) is 2. The van der Waals surface area contributed by atoms with Gasteiger partial charge in [0, 0.05) is 6.04 Å². The third kappa shape index (κ3) is 4.62. The number of benzene rings is 2. The highest BCUT2D eigenvalue weighted by atomic mass is 32.2. The van der Waals surface area contributed by atoms with Gasteiger partial charge in [0.2, 0.25) is 0 Å². The van der Waals surface area contributed by atoms with Crippen LogP contribution in [0.3, 0.4) is 0 Å². The lowest BCUT2D eigenvalue weighted by Crippen LogP contribution is -2.15. The van der Waals surface area contributed by atoms with Crippen LogP contribution in [0.1, 0.15) is 44.0 Å². The number of fused-ring (bicyclic) bond motifs is 1. The molecule has 1 fully saturated rings. The zero-order valence-corrected chi connectivity index (χ0v) is 20.3. The van der Waals surface area contributed by atoms with Gasteiger partial charge >= 0.3 is 0 Å². The summed E-state index contributed by atoms with van der Waals surface area (Å²) in [6.45, 7) is 0. The first-order chi connectivity index (χ1) is 17.2. The summed E-state index contributed by atoms with van der Waals surface area (Å²) in [5, 5.41) is 30.3. The average molecular weight is 487 g/mol. The summed E-state index contributed by atoms with van der Waals surface area (Å²) in [6, 6.07) is 17.7. The minimum atomic E-state index is -0.0476. The summed E-state index contributed by atoms with van der Waals surface area (Å²) in [5.74, 6) is 1.99. The molecule has 0 atom stereocenters. The Morgan fingerprint density at radius 3 is 2.69 bits per heavy atom. The first-order valence-corrected chi connectivity index (χ1v) is 12.7. The number of nitrogens with one attached hydrogen (secondary N) is 1. The number of nitriles is 1. The molecule has 8 nitrogen and oxygen atoms in total. The minimum absolute atomic E-state index is 0.0476. The smallest absolute Gasteiger partial charge is 0.192 e. The van der Waals surface area contributed by atoms with Crippen LogP contribution in [0.25, 0.3) is 28.0 Å². The zero-order valence-electron chi connectivity index (χ0n) is 19.4. The Bertz CT molecular complexity index is 1380. The van der Waals surface area contributed by atoms with Crippen molar-refractivity contribution in [3.8, 4) is 23.2 Å². The maximum Gasteiger partial charge on any atom is 0.192 e. The number of nitrogens with zero attached hydrogens (tertiary/aromatic N) is 5. The van der Waals surface area contributed by atoms with Gasteiger partial charge in [0.05, 0.1) is 29.5 Å². The maximum absolute atomic E-state index is 10.9. The van der Waals surface area contributed by atoms with Crippen LogP contribution in [0, 0.1) is 11.3 Å². The minimum Gasteiger partial charge on any atom is -0.510 e. The Morgan fingerprint density at radius 2 is 1.91 bits per heavy atom. The van der Waals surface area contributed by atoms with Gasteiger partial charge < -0.3 is 14.8 Å². The van der Waals surface area contributed by atoms with Crippen LogP contribution in [0.15, 0.2) is 59.4 Å². The van der Waals surface area contributed by atoms with E-state index in [1.807, 2.05) is 48.5 Å². The number of aliphatic hydroxyl groups is 1. The fourth-order valence-electron chi connectivity index (χ4n) is 4.59. The molecule has 0 unspecified atom stereocenters. The van der Waals surface area contributed by atoms with E-state index < -0.39 is 0 Å². The lowest BCUT2D eigenvalue weighted by atomic mass is 9.95. The van der Waals surface area contributed by atoms with Crippen LogP contribution in [0.5, 0.6) is 5.75 Å². The number of aliphatic hydroxyl groups excluding tert-OH is 1. The van der Waals surface area contributed by atoms with E-state index in [1.54, 1.807) is 7.11 Å². The van der Waals surface area contributed by atoms with Crippen molar-refractivity contribution in [1.29, 1.82) is 5.26 Å². The molecular weight excluding hydrogens is 460 g/mol. The van der Waals surface area contributed by atoms with Crippen molar-refractivity contribution in [3.05, 3.63) is 60.1 Å². The van der Waals surface area contributed by atoms with Crippen molar-refractivity contribution in [2.24, 2.45) is 0 Å². The molecule has 0 amide bonds. The summed E-state index contributed by atoms with van der Waals surface area (Å²) >= 11 is 1.37. The Balaban J connectivity index is 1.47. The number of para-hydroxylation sites is 3. The van der Waals surface area contributed by atoms with Crippen LogP contribution in [-0.2, 0) is 0 Å². The second-order valence-corrected chi connectivity index (χ2v) is 9.44. The van der Waals surface area contributed by atoms with Crippen molar-refractivity contribution in [3.63, 3.8) is 0 Å². The number of thioether (sulfide) groups is 1. The third-order valence-corrected chi connectivity index (χ3v) is 7.27. The Hall–Kier alpha value is -3.77. The largest absolute Gasteiger partial charge is 0.510 e. The van der Waals surface area contributed by atoms with Gasteiger partial charge in [0.25, 0.3) is 0 Å². The van der Waals surface area contributed by atoms with Gasteiger partial charge in [-0.1, -0.05) is 55.3 Å². The van der Waals surface area contributed by atoms with Crippen LogP contribution in [0.4, 0.5) is 0 Å². The molecule has 9 heteroatoms. The SMILES string of the molecule is COc1ccccc1-c1nnc(SCC(O)=C(C#N)c2nc3ccccc3[nH]2)n1C1CCCCC1. The fraction of sp³-hybridized carbons (Fsp3) is 0.308. The third-order valence-electron chi connectivity index (χ3n) is 6.32. The number of allylic oxidation sites excluding steroid dienone is 1. The lowest BCUT2D eigenvalue weighted by molar-refractivity contribution is 0.338. The molecule has 1 aliphatic carbocycles. The van der Waals surface area contributed by atoms with E-state index in [1.165, 1.54) is 18.2 Å². The fourth-order valence-corrected chi connectivity index (χ4v) is 5.47. The Kier molecular flexibility index (Phi) is 6.73. The maximum atomic E-state index is 10.9. The van der Waals surface area contributed by atoms with Crippen LogP contribution in [-0.4, -0.2) is 42.7 Å². The topological polar surface area (TPSA) is 113 Å². The number of aromatic amines is 1. The highest BCUT2D eigenvalue weighted by Gasteiger charge is 2.26. The van der Waals surface area contributed by atoms with E-state index in [0.29, 0.717) is 11.0 Å². The number of H-pyrrole nitrogens is 1. The predicted molar refractivity (Wildman–Crippen MR) is 136 cm³/mol. The lowest BCUT2D eigenvalue weighted by Gasteiger charge is -2.26. The van der Waals surface area contributed by atoms with E-state index in [0.717, 1.165) is 53.9 Å². The van der Waals surface area contributed by atoms with Gasteiger partial charge in [-0.15, -0.1) is 10.2 Å². The summed E-state index contributed by atoms with van der Waals surface area (Å²) in [7, 11) is 1.65. The predicted octanol–water partition coefficient (Wildman–Crippen LogP) is 5.92. The van der Waals surface area contributed by atoms with Crippen molar-refractivity contribution < 1.29 is 9.84 Å². The molecule has 5 rings (SSSR count). The molecule has 35 heavy (non-hydrogen) atoms. The van der Waals surface area contributed by atoms with Gasteiger partial charge in [-0.3, -0.25) is 4.57 Å². The van der Waals surface area contributed by atoms with Gasteiger partial charge in [0.1, 0.15) is 23.2 Å². The molecule has 178 valence electrons. The molecule has 2 N–H and O–H groups in total. The normalized spacial score (nSPS) is 15.1. The molecule has 0 spiro atoms. The van der Waals surface area contributed by atoms with E-state index in [2.05, 4.69) is 30.8 Å². The van der Waals surface area contributed by atoms with Crippen molar-refractivity contribution in [1.82, 2.24) is 24.7 Å². The number of imidazole rings is 1. The first kappa shape index (κ1) is 23.0. The molecule has 1 saturated carbocycles. The van der Waals surface area contributed by atoms with Crippen LogP contribution >= 0.6 is 11.8 Å². The Morgan fingerprint density at radius 1 is 1.14 bits per heavy atom. The molecule has 0 saturated heterocycles. The van der Waals surface area contributed by atoms with Crippen LogP contribution < -0.4 is 4.74 Å². The second kappa shape index (κ2) is 10.2. The van der Waals surface area contributed by atoms with Crippen molar-refractivity contribution in [2.75, 3.05) is 12.9 Å². The Labute approximate surface area is 207 Å². The molecule has 2 heterocycles. The summed E-state index contributed by atoms with van der Waals surface area (Å²) < 4.78 is 7.77. The molecule has 0 aliphatic heterocycles. The molecule has 1 aliphatic rings. The van der Waals surface area contributed by atoms with Crippen molar-refractivity contribution >= 4 is 28.4 Å². The number of rotatable bonds is 7. The quantitative estimate of drug-likeness (QED) is 0.189. The van der Waals surface area contributed by atoms with E-state index in [-0.39, 0.29) is 23.1 Å². The summed E-state index contributed by atoms with van der Waals surface area (Å²) in [5.41, 5.74) is 2.57. The summed E-state index contributed by atoms with van der Waals surface area (Å²) in [6.07, 6.45) is 5.66. The molecule has 2 aromatic heterocycles. The number of ether oxygens (including phenoxy) is 1. The van der Waals surface area contributed by atoms with Gasteiger partial charge in [-0.2, -0.15) is 5.26 Å². The first-order valence-electron chi connectivity index (χ1n) is 11.7. The van der Waals surface area contributed by atoms with E-state index >= 15 is 0 Å². The highest BCUT2D eigenvalue weighted by Crippen LogP contribution is 2.38. The van der Waals surface area contributed by atoms with Gasteiger partial charge in [-0.05, 0) is 37.1 Å². The molecule has 0 bridgehead atoms. The standard InChI is InChI=1S/C26H26N6O2S/c1-34-23-14-8-5-11-18(23)25-30-31-26(32(25)17-9-3-2-4-10-17)35-16-22(33)19(15-27)24-28-20-12-6-7-13-21(20)29-24/h5-8,11-14,17,33H,2-4,9-10,16H2,1H3,(H,28,29).